The first kappa shape index (κ1) is 16.5. The van der Waals surface area contributed by atoms with E-state index in [0.29, 0.717) is 6.61 Å². The Morgan fingerprint density at radius 1 is 1.10 bits per heavy atom. The second-order valence-electron chi connectivity index (χ2n) is 5.09. The van der Waals surface area contributed by atoms with Crippen LogP contribution in [0.2, 0.25) is 0 Å². The van der Waals surface area contributed by atoms with Gasteiger partial charge in [-0.05, 0) is 0 Å². The van der Waals surface area contributed by atoms with Crippen molar-refractivity contribution in [1.29, 1.82) is 0 Å². The van der Waals surface area contributed by atoms with Crippen LogP contribution in [-0.2, 0) is 46.9 Å². The monoisotopic (exact) mass is 355 g/mol. The third-order valence-electron chi connectivity index (χ3n) is 3.77. The maximum Gasteiger partial charge on any atom is 0.184 e. The van der Waals surface area contributed by atoms with Crippen LogP contribution in [-0.4, -0.2) is 41.4 Å². The second kappa shape index (κ2) is 6.92. The predicted octanol–water partition coefficient (Wildman–Crippen LogP) is 0.812. The first-order chi connectivity index (χ1) is 9.16. The molecule has 20 heavy (non-hydrogen) atoms. The Kier molecular flexibility index (Phi) is 5.71. The molecule has 2 fully saturated rings. The first-order valence-corrected chi connectivity index (χ1v) is 6.50. The quantitative estimate of drug-likeness (QED) is 0.781. The van der Waals surface area contributed by atoms with E-state index in [0.717, 1.165) is 5.56 Å². The fourth-order valence-corrected chi connectivity index (χ4v) is 2.52. The van der Waals surface area contributed by atoms with E-state index in [1.807, 2.05) is 30.3 Å². The molecule has 2 aliphatic rings. The van der Waals surface area contributed by atoms with E-state index in [4.69, 9.17) is 14.2 Å². The number of ether oxygens (including phenoxy) is 3. The third kappa shape index (κ3) is 3.14. The molecule has 0 aliphatic carbocycles. The van der Waals surface area contributed by atoms with E-state index in [9.17, 15) is 10.2 Å². The zero-order valence-electron chi connectivity index (χ0n) is 11.3. The van der Waals surface area contributed by atoms with Gasteiger partial charge in [-0.15, -0.1) is 0 Å². The minimum Gasteiger partial charge on any atom is -0.390 e. The van der Waals surface area contributed by atoms with E-state index < -0.39 is 30.9 Å². The van der Waals surface area contributed by atoms with Crippen molar-refractivity contribution >= 4 is 0 Å². The van der Waals surface area contributed by atoms with Crippen molar-refractivity contribution in [3.8, 4) is 0 Å². The Balaban J connectivity index is 0.00000147. The maximum atomic E-state index is 10.2. The van der Waals surface area contributed by atoms with Gasteiger partial charge in [-0.25, -0.2) is 0 Å². The molecule has 2 aliphatic heterocycles. The molecular weight excluding hydrogens is 337 g/mol. The Labute approximate surface area is 143 Å². The molecule has 2 N–H and O–H groups in total. The summed E-state index contributed by atoms with van der Waals surface area (Å²) in [6.45, 7) is 2.03. The van der Waals surface area contributed by atoms with Gasteiger partial charge in [0.15, 0.2) is 12.6 Å². The average Bonchev–Trinajstić information content (AvgIpc) is 2.46. The Bertz CT molecular complexity index is 427. The smallest absolute Gasteiger partial charge is 0.184 e. The molecule has 6 heteroatoms. The molecule has 0 aromatic heterocycles. The molecule has 0 spiro atoms. The minimum atomic E-state index is -0.975. The van der Waals surface area contributed by atoms with Crippen LogP contribution in [0, 0.1) is 5.92 Å². The Hall–Kier alpha value is 0.124. The van der Waals surface area contributed by atoms with E-state index in [2.05, 4.69) is 0 Å². The molecular formula is C14H18O5Y. The van der Waals surface area contributed by atoms with Crippen molar-refractivity contribution in [2.24, 2.45) is 5.92 Å². The van der Waals surface area contributed by atoms with Crippen LogP contribution >= 0.6 is 0 Å². The number of fused-ring (bicyclic) bond motifs is 1. The van der Waals surface area contributed by atoms with Gasteiger partial charge in [-0.3, -0.25) is 0 Å². The fourth-order valence-electron chi connectivity index (χ4n) is 2.52. The van der Waals surface area contributed by atoms with Gasteiger partial charge >= 0.3 is 0 Å². The van der Waals surface area contributed by atoms with Crippen molar-refractivity contribution in [3.05, 3.63) is 35.9 Å². The topological polar surface area (TPSA) is 68.2 Å². The van der Waals surface area contributed by atoms with Crippen LogP contribution in [0.15, 0.2) is 30.3 Å². The molecule has 2 heterocycles. The molecule has 0 amide bonds. The van der Waals surface area contributed by atoms with Crippen molar-refractivity contribution in [2.45, 2.75) is 37.8 Å². The number of benzene rings is 1. The summed E-state index contributed by atoms with van der Waals surface area (Å²) < 4.78 is 16.8. The van der Waals surface area contributed by atoms with Gasteiger partial charge in [-0.2, -0.15) is 0 Å². The van der Waals surface area contributed by atoms with Crippen molar-refractivity contribution < 1.29 is 57.1 Å². The van der Waals surface area contributed by atoms with Gasteiger partial charge in [0.05, 0.1) is 12.7 Å². The number of hydrogen-bond donors (Lipinski definition) is 2. The molecule has 1 radical (unpaired) electrons. The fraction of sp³-hybridized carbons (Fsp3) is 0.571. The SMILES string of the molecule is C[C@H]1C(O)O[C@@H]2COC(c3ccccc3)O[C@H]2[C@@H]1O.[Y]. The average molecular weight is 355 g/mol. The Morgan fingerprint density at radius 3 is 2.50 bits per heavy atom. The van der Waals surface area contributed by atoms with Gasteiger partial charge in [0.25, 0.3) is 0 Å². The summed E-state index contributed by atoms with van der Waals surface area (Å²) in [6, 6.07) is 9.58. The van der Waals surface area contributed by atoms with E-state index in [-0.39, 0.29) is 38.6 Å². The molecule has 6 atom stereocenters. The van der Waals surface area contributed by atoms with Crippen molar-refractivity contribution in [3.63, 3.8) is 0 Å². The van der Waals surface area contributed by atoms with Gasteiger partial charge < -0.3 is 24.4 Å². The standard InChI is InChI=1S/C14H18O5.Y/c1-8-11(15)12-10(18-13(8)16)7-17-14(19-12)9-5-3-2-4-6-9;/h2-6,8,10-16H,7H2,1H3;/t8-,10-,11-,12-,13?,14?;/m1./s1. The zero-order valence-corrected chi connectivity index (χ0v) is 14.1. The summed E-state index contributed by atoms with van der Waals surface area (Å²) in [7, 11) is 0. The normalized spacial score (nSPS) is 40.5. The van der Waals surface area contributed by atoms with Crippen LogP contribution in [0.1, 0.15) is 18.8 Å². The maximum absolute atomic E-state index is 10.2. The number of aliphatic hydroxyl groups excluding tert-OH is 2. The molecule has 2 unspecified atom stereocenters. The second-order valence-corrected chi connectivity index (χ2v) is 5.09. The van der Waals surface area contributed by atoms with Crippen molar-refractivity contribution in [1.82, 2.24) is 0 Å². The van der Waals surface area contributed by atoms with Gasteiger partial charge in [-0.1, -0.05) is 37.3 Å². The molecule has 5 nitrogen and oxygen atoms in total. The van der Waals surface area contributed by atoms with E-state index in [1.54, 1.807) is 6.92 Å². The van der Waals surface area contributed by atoms with E-state index >= 15 is 0 Å². The molecule has 0 bridgehead atoms. The van der Waals surface area contributed by atoms with Crippen LogP contribution in [0.3, 0.4) is 0 Å². The van der Waals surface area contributed by atoms with Gasteiger partial charge in [0.2, 0.25) is 0 Å². The minimum absolute atomic E-state index is 0. The van der Waals surface area contributed by atoms with Crippen LogP contribution in [0.4, 0.5) is 0 Å². The number of aliphatic hydroxyl groups is 2. The number of rotatable bonds is 1. The molecule has 2 saturated heterocycles. The van der Waals surface area contributed by atoms with Crippen molar-refractivity contribution in [2.75, 3.05) is 6.61 Å². The van der Waals surface area contributed by atoms with E-state index in [1.165, 1.54) is 0 Å². The summed E-state index contributed by atoms with van der Waals surface area (Å²) in [5.41, 5.74) is 0.909. The summed E-state index contributed by atoms with van der Waals surface area (Å²) in [5, 5.41) is 19.9. The largest absolute Gasteiger partial charge is 0.390 e. The zero-order chi connectivity index (χ0) is 13.4. The molecule has 1 aromatic rings. The third-order valence-corrected chi connectivity index (χ3v) is 3.77. The van der Waals surface area contributed by atoms with Crippen LogP contribution in [0.5, 0.6) is 0 Å². The van der Waals surface area contributed by atoms with Gasteiger partial charge in [0.1, 0.15) is 12.2 Å². The first-order valence-electron chi connectivity index (χ1n) is 6.50. The Morgan fingerprint density at radius 2 is 1.80 bits per heavy atom. The summed E-state index contributed by atoms with van der Waals surface area (Å²) >= 11 is 0. The molecule has 0 saturated carbocycles. The summed E-state index contributed by atoms with van der Waals surface area (Å²) in [4.78, 5) is 0. The predicted molar refractivity (Wildman–Crippen MR) is 66.1 cm³/mol. The summed E-state index contributed by atoms with van der Waals surface area (Å²) in [6.07, 6.45) is -3.14. The molecule has 1 aromatic carbocycles. The van der Waals surface area contributed by atoms with Crippen LogP contribution in [0.25, 0.3) is 0 Å². The molecule has 107 valence electrons. The number of hydrogen-bond acceptors (Lipinski definition) is 5. The summed E-state index contributed by atoms with van der Waals surface area (Å²) in [5.74, 6) is -0.379. The molecule has 3 rings (SSSR count). The van der Waals surface area contributed by atoms with Gasteiger partial charge in [0, 0.05) is 44.2 Å². The van der Waals surface area contributed by atoms with Crippen LogP contribution < -0.4 is 0 Å².